The van der Waals surface area contributed by atoms with E-state index < -0.39 is 55.1 Å². The molecular weight excluding hydrogens is 944 g/mol. The molecule has 10 atom stereocenters. The lowest BCUT2D eigenvalue weighted by molar-refractivity contribution is -0.309. The third-order valence-electron chi connectivity index (χ3n) is 11.8. The Morgan fingerprint density at radius 1 is 0.364 bits per heavy atom. The molecule has 9 nitrogen and oxygen atoms in total. The molecule has 2 fully saturated rings. The molecule has 2 aliphatic heterocycles. The summed E-state index contributed by atoms with van der Waals surface area (Å²) in [6.45, 7) is 2.09. The van der Waals surface area contributed by atoms with E-state index in [9.17, 15) is 0 Å². The molecule has 0 bridgehead atoms. The maximum atomic E-state index is 7.06. The molecule has 0 aliphatic carbocycles. The Morgan fingerprint density at radius 3 is 0.955 bits per heavy atom. The molecule has 2 aliphatic rings. The Kier molecular flexibility index (Phi) is 18.5. The number of alkyl halides is 1. The zero-order valence-electron chi connectivity index (χ0n) is 37.3. The first-order chi connectivity index (χ1) is 32.6. The van der Waals surface area contributed by atoms with Crippen molar-refractivity contribution in [3.63, 3.8) is 0 Å². The first kappa shape index (κ1) is 47.9. The zero-order valence-corrected chi connectivity index (χ0v) is 39.4. The number of benzene rings is 6. The summed E-state index contributed by atoms with van der Waals surface area (Å²) in [5.41, 5.74) is 6.22. The molecule has 10 heteroatoms. The van der Waals surface area contributed by atoms with Gasteiger partial charge >= 0.3 is 0 Å². The minimum absolute atomic E-state index is 0.322. The van der Waals surface area contributed by atoms with Gasteiger partial charge in [0, 0.05) is 11.5 Å². The van der Waals surface area contributed by atoms with Crippen molar-refractivity contribution in [3.05, 3.63) is 228 Å². The predicted octanol–water partition coefficient (Wildman–Crippen LogP) is 10.6. The number of ether oxygens (including phenoxy) is 9. The van der Waals surface area contributed by atoms with E-state index >= 15 is 0 Å². The topological polar surface area (TPSA) is 83.1 Å². The van der Waals surface area contributed by atoms with E-state index in [0.717, 1.165) is 33.4 Å². The largest absolute Gasteiger partial charge is 0.368 e. The summed E-state index contributed by atoms with van der Waals surface area (Å²) in [4.78, 5) is 0. The standard InChI is InChI=1S/C56H59IO9/c1-58-56-55(64-40-46-30-18-7-19-31-46)54(63-39-45-28-16-6-17-29-45)51(60-36-42-22-10-3-11-23-42)48(66-56)33-32-47-50(59-35-41-20-8-2-9-21-41)53(62-38-44-26-14-5-15-27-44)52(49(34-57)65-47)61-37-43-24-12-4-13-25-43/h2-33,47-56H,34-40H2,1H3/b33-32-/t47-,48+,49+,50-,51+,52+,53+,54-,55+,56-/m0/s1. The van der Waals surface area contributed by atoms with E-state index in [2.05, 4.69) is 83.3 Å². The highest BCUT2D eigenvalue weighted by atomic mass is 127. The molecule has 6 aromatic carbocycles. The van der Waals surface area contributed by atoms with E-state index in [1.807, 2.05) is 133 Å². The lowest BCUT2D eigenvalue weighted by Gasteiger charge is -2.46. The highest BCUT2D eigenvalue weighted by Crippen LogP contribution is 2.35. The number of hydrogen-bond donors (Lipinski definition) is 0. The first-order valence-electron chi connectivity index (χ1n) is 22.7. The van der Waals surface area contributed by atoms with Gasteiger partial charge in [-0.1, -0.05) is 217 Å². The van der Waals surface area contributed by atoms with Crippen molar-refractivity contribution in [1.29, 1.82) is 0 Å². The summed E-state index contributed by atoms with van der Waals surface area (Å²) in [7, 11) is 1.64. The van der Waals surface area contributed by atoms with Crippen molar-refractivity contribution in [1.82, 2.24) is 0 Å². The molecule has 0 N–H and O–H groups in total. The summed E-state index contributed by atoms with van der Waals surface area (Å²) >= 11 is 2.39. The minimum atomic E-state index is -0.794. The van der Waals surface area contributed by atoms with E-state index in [1.165, 1.54) is 0 Å². The van der Waals surface area contributed by atoms with E-state index in [-0.39, 0.29) is 6.10 Å². The van der Waals surface area contributed by atoms with Crippen LogP contribution in [0.25, 0.3) is 0 Å². The maximum absolute atomic E-state index is 7.06. The van der Waals surface area contributed by atoms with E-state index in [0.29, 0.717) is 44.1 Å². The Hall–Kier alpha value is -4.57. The SMILES string of the molecule is CO[C@H]1O[C@H](/C=C\[C@@H]2O[C@H](CI)[C@@H](OCc3ccccc3)[C@H](OCc3ccccc3)[C@H]2OCc2ccccc2)[C@@H](OCc2ccccc2)[C@H](OCc2ccccc2)[C@H]1OCc1ccccc1. The molecule has 0 spiro atoms. The zero-order chi connectivity index (χ0) is 45.2. The van der Waals surface area contributed by atoms with Crippen molar-refractivity contribution < 1.29 is 42.6 Å². The van der Waals surface area contributed by atoms with E-state index in [1.54, 1.807) is 7.11 Å². The van der Waals surface area contributed by atoms with Crippen LogP contribution in [0.15, 0.2) is 194 Å². The van der Waals surface area contributed by atoms with Gasteiger partial charge in [-0.15, -0.1) is 0 Å². The molecular formula is C56H59IO9. The van der Waals surface area contributed by atoms with Crippen LogP contribution >= 0.6 is 22.6 Å². The van der Waals surface area contributed by atoms with Gasteiger partial charge in [-0.25, -0.2) is 0 Å². The molecule has 2 saturated heterocycles. The second-order valence-electron chi connectivity index (χ2n) is 16.5. The maximum Gasteiger partial charge on any atom is 0.186 e. The third-order valence-corrected chi connectivity index (χ3v) is 12.7. The molecule has 8 rings (SSSR count). The summed E-state index contributed by atoms with van der Waals surface area (Å²) in [5.74, 6) is 0. The van der Waals surface area contributed by atoms with Gasteiger partial charge in [0.2, 0.25) is 0 Å². The summed E-state index contributed by atoms with van der Waals surface area (Å²) in [6.07, 6.45) is -1.70. The second kappa shape index (κ2) is 25.5. The number of hydrogen-bond acceptors (Lipinski definition) is 9. The highest BCUT2D eigenvalue weighted by Gasteiger charge is 2.50. The Balaban J connectivity index is 1.14. The fourth-order valence-corrected chi connectivity index (χ4v) is 9.07. The van der Waals surface area contributed by atoms with Gasteiger partial charge in [0.15, 0.2) is 6.29 Å². The summed E-state index contributed by atoms with van der Waals surface area (Å²) in [5, 5.41) is 0. The molecule has 2 heterocycles. The minimum Gasteiger partial charge on any atom is -0.368 e. The smallest absolute Gasteiger partial charge is 0.186 e. The molecule has 0 unspecified atom stereocenters. The van der Waals surface area contributed by atoms with Gasteiger partial charge in [-0.2, -0.15) is 0 Å². The third kappa shape index (κ3) is 13.5. The van der Waals surface area contributed by atoms with Crippen molar-refractivity contribution >= 4 is 22.6 Å². The van der Waals surface area contributed by atoms with Crippen LogP contribution in [0.2, 0.25) is 0 Å². The van der Waals surface area contributed by atoms with E-state index in [4.69, 9.17) is 42.6 Å². The van der Waals surface area contributed by atoms with Crippen LogP contribution in [-0.4, -0.2) is 72.8 Å². The van der Waals surface area contributed by atoms with Gasteiger partial charge in [0.25, 0.3) is 0 Å². The van der Waals surface area contributed by atoms with Crippen molar-refractivity contribution in [2.75, 3.05) is 11.5 Å². The second-order valence-corrected chi connectivity index (χ2v) is 17.3. The number of halogens is 1. The number of rotatable bonds is 22. The van der Waals surface area contributed by atoms with Crippen LogP contribution in [0, 0.1) is 0 Å². The van der Waals surface area contributed by atoms with Crippen LogP contribution < -0.4 is 0 Å². The predicted molar refractivity (Wildman–Crippen MR) is 262 cm³/mol. The molecule has 0 aromatic heterocycles. The van der Waals surface area contributed by atoms with Crippen molar-refractivity contribution in [2.24, 2.45) is 0 Å². The van der Waals surface area contributed by atoms with Crippen LogP contribution in [0.5, 0.6) is 0 Å². The molecule has 0 radical (unpaired) electrons. The normalized spacial score (nSPS) is 25.5. The quantitative estimate of drug-likeness (QED) is 0.0375. The molecule has 66 heavy (non-hydrogen) atoms. The van der Waals surface area contributed by atoms with Gasteiger partial charge in [-0.05, 0) is 33.4 Å². The fraction of sp³-hybridized carbons (Fsp3) is 0.321. The lowest BCUT2D eigenvalue weighted by Crippen LogP contribution is -2.61. The fourth-order valence-electron chi connectivity index (χ4n) is 8.36. The first-order valence-corrected chi connectivity index (χ1v) is 24.2. The lowest BCUT2D eigenvalue weighted by atomic mass is 9.92. The van der Waals surface area contributed by atoms with Gasteiger partial charge in [0.1, 0.15) is 48.8 Å². The number of methoxy groups -OCH3 is 1. The molecule has 0 amide bonds. The molecule has 6 aromatic rings. The molecule has 344 valence electrons. The van der Waals surface area contributed by atoms with Crippen molar-refractivity contribution in [3.8, 4) is 0 Å². The van der Waals surface area contributed by atoms with Gasteiger partial charge < -0.3 is 42.6 Å². The average molecular weight is 1000 g/mol. The Morgan fingerprint density at radius 2 is 0.636 bits per heavy atom. The molecule has 0 saturated carbocycles. The van der Waals surface area contributed by atoms with Gasteiger partial charge in [0.05, 0.1) is 45.7 Å². The monoisotopic (exact) mass is 1000 g/mol. The summed E-state index contributed by atoms with van der Waals surface area (Å²) < 4.78 is 61.9. The average Bonchev–Trinajstić information content (AvgIpc) is 3.38. The van der Waals surface area contributed by atoms with Crippen LogP contribution in [0.3, 0.4) is 0 Å². The van der Waals surface area contributed by atoms with Gasteiger partial charge in [-0.3, -0.25) is 0 Å². The van der Waals surface area contributed by atoms with Crippen LogP contribution in [-0.2, 0) is 82.3 Å². The van der Waals surface area contributed by atoms with Crippen LogP contribution in [0.4, 0.5) is 0 Å². The highest BCUT2D eigenvalue weighted by molar-refractivity contribution is 14.1. The van der Waals surface area contributed by atoms with Crippen molar-refractivity contribution in [2.45, 2.75) is 101 Å². The Bertz CT molecular complexity index is 2110. The van der Waals surface area contributed by atoms with Crippen LogP contribution in [0.1, 0.15) is 33.4 Å². The summed E-state index contributed by atoms with van der Waals surface area (Å²) in [6, 6.07) is 60.9. The Labute approximate surface area is 403 Å².